The van der Waals surface area contributed by atoms with Gasteiger partial charge >= 0.3 is 0 Å². The molecule has 0 N–H and O–H groups in total. The summed E-state index contributed by atoms with van der Waals surface area (Å²) < 4.78 is 5.83. The Morgan fingerprint density at radius 2 is 1.94 bits per heavy atom. The average molecular weight is 245 g/mol. The Kier molecular flexibility index (Phi) is 5.22. The minimum atomic E-state index is -0.249. The van der Waals surface area contributed by atoms with Gasteiger partial charge in [-0.15, -0.1) is 0 Å². The van der Waals surface area contributed by atoms with Gasteiger partial charge in [-0.1, -0.05) is 32.0 Å². The highest BCUT2D eigenvalue weighted by Crippen LogP contribution is 2.26. The molecule has 0 aromatic heterocycles. The van der Waals surface area contributed by atoms with Crippen molar-refractivity contribution in [2.75, 3.05) is 6.61 Å². The largest absolute Gasteiger partial charge is 0.493 e. The average Bonchev–Trinajstić information content (AvgIpc) is 2.35. The third-order valence-corrected chi connectivity index (χ3v) is 3.05. The van der Waals surface area contributed by atoms with Gasteiger partial charge in [0, 0.05) is 0 Å². The summed E-state index contributed by atoms with van der Waals surface area (Å²) >= 11 is 0. The van der Waals surface area contributed by atoms with Crippen LogP contribution in [0.4, 0.5) is 0 Å². The molecule has 0 fully saturated rings. The molecule has 1 aromatic rings. The molecule has 0 amide bonds. The van der Waals surface area contributed by atoms with Gasteiger partial charge in [-0.05, 0) is 44.2 Å². The zero-order valence-corrected chi connectivity index (χ0v) is 11.9. The standard InChI is InChI=1S/C16H23NO/c1-13(2)14-8-5-6-9-15(14)18-11-7-10-16(3,4)12-17/h5-6,8-9,13H,7,10-11H2,1-4H3. The van der Waals surface area contributed by atoms with Crippen LogP contribution in [0.2, 0.25) is 0 Å². The number of benzene rings is 1. The number of rotatable bonds is 6. The van der Waals surface area contributed by atoms with Gasteiger partial charge in [0.25, 0.3) is 0 Å². The highest BCUT2D eigenvalue weighted by atomic mass is 16.5. The molecule has 2 heteroatoms. The molecule has 1 aromatic carbocycles. The number of nitrogens with zero attached hydrogens (tertiary/aromatic N) is 1. The zero-order valence-electron chi connectivity index (χ0n) is 11.9. The van der Waals surface area contributed by atoms with Crippen LogP contribution in [0.15, 0.2) is 24.3 Å². The molecule has 0 atom stereocenters. The second-order valence-corrected chi connectivity index (χ2v) is 5.64. The van der Waals surface area contributed by atoms with Gasteiger partial charge in [-0.3, -0.25) is 0 Å². The molecular weight excluding hydrogens is 222 g/mol. The zero-order chi connectivity index (χ0) is 13.6. The molecule has 0 aliphatic carbocycles. The summed E-state index contributed by atoms with van der Waals surface area (Å²) in [6.07, 6.45) is 1.78. The number of nitriles is 1. The van der Waals surface area contributed by atoms with Crippen LogP contribution in [-0.2, 0) is 0 Å². The van der Waals surface area contributed by atoms with E-state index < -0.39 is 0 Å². The lowest BCUT2D eigenvalue weighted by atomic mass is 9.90. The Hall–Kier alpha value is -1.49. The van der Waals surface area contributed by atoms with E-state index in [1.807, 2.05) is 32.0 Å². The van der Waals surface area contributed by atoms with E-state index in [0.717, 1.165) is 18.6 Å². The van der Waals surface area contributed by atoms with E-state index in [4.69, 9.17) is 10.00 Å². The third kappa shape index (κ3) is 4.41. The second-order valence-electron chi connectivity index (χ2n) is 5.64. The van der Waals surface area contributed by atoms with Crippen LogP contribution in [0.25, 0.3) is 0 Å². The Balaban J connectivity index is 2.48. The van der Waals surface area contributed by atoms with Crippen LogP contribution in [-0.4, -0.2) is 6.61 Å². The first-order chi connectivity index (χ1) is 8.46. The number of para-hydroxylation sites is 1. The van der Waals surface area contributed by atoms with Crippen molar-refractivity contribution in [1.82, 2.24) is 0 Å². The first-order valence-corrected chi connectivity index (χ1v) is 6.59. The predicted molar refractivity (Wildman–Crippen MR) is 74.7 cm³/mol. The Morgan fingerprint density at radius 1 is 1.28 bits per heavy atom. The summed E-state index contributed by atoms with van der Waals surface area (Å²) in [7, 11) is 0. The van der Waals surface area contributed by atoms with Crippen molar-refractivity contribution in [1.29, 1.82) is 5.26 Å². The van der Waals surface area contributed by atoms with Gasteiger partial charge < -0.3 is 4.74 Å². The van der Waals surface area contributed by atoms with Crippen molar-refractivity contribution >= 4 is 0 Å². The van der Waals surface area contributed by atoms with Crippen LogP contribution in [0.1, 0.15) is 52.0 Å². The summed E-state index contributed by atoms with van der Waals surface area (Å²) in [4.78, 5) is 0. The lowest BCUT2D eigenvalue weighted by molar-refractivity contribution is 0.281. The Bertz CT molecular complexity index is 415. The van der Waals surface area contributed by atoms with Crippen molar-refractivity contribution in [3.8, 4) is 11.8 Å². The molecule has 0 aliphatic rings. The molecular formula is C16H23NO. The molecule has 0 aliphatic heterocycles. The molecule has 0 radical (unpaired) electrons. The summed E-state index contributed by atoms with van der Waals surface area (Å²) in [5.41, 5.74) is 0.998. The molecule has 0 saturated carbocycles. The summed E-state index contributed by atoms with van der Waals surface area (Å²) in [6.45, 7) is 8.95. The molecule has 0 spiro atoms. The van der Waals surface area contributed by atoms with Crippen LogP contribution < -0.4 is 4.74 Å². The van der Waals surface area contributed by atoms with E-state index in [1.165, 1.54) is 5.56 Å². The highest BCUT2D eigenvalue weighted by Gasteiger charge is 2.16. The van der Waals surface area contributed by atoms with E-state index in [9.17, 15) is 0 Å². The molecule has 0 heterocycles. The lowest BCUT2D eigenvalue weighted by Gasteiger charge is -2.16. The topological polar surface area (TPSA) is 33.0 Å². The Labute approximate surface area is 111 Å². The van der Waals surface area contributed by atoms with Crippen molar-refractivity contribution < 1.29 is 4.74 Å². The quantitative estimate of drug-likeness (QED) is 0.690. The van der Waals surface area contributed by atoms with E-state index >= 15 is 0 Å². The number of hydrogen-bond acceptors (Lipinski definition) is 2. The second kappa shape index (κ2) is 6.44. The van der Waals surface area contributed by atoms with Crippen molar-refractivity contribution in [2.45, 2.75) is 46.5 Å². The smallest absolute Gasteiger partial charge is 0.122 e. The first-order valence-electron chi connectivity index (χ1n) is 6.59. The molecule has 0 unspecified atom stereocenters. The first kappa shape index (κ1) is 14.6. The highest BCUT2D eigenvalue weighted by molar-refractivity contribution is 5.35. The summed E-state index contributed by atoms with van der Waals surface area (Å²) in [6, 6.07) is 10.5. The van der Waals surface area contributed by atoms with Gasteiger partial charge in [0.15, 0.2) is 0 Å². The maximum absolute atomic E-state index is 8.94. The van der Waals surface area contributed by atoms with Crippen LogP contribution >= 0.6 is 0 Å². The van der Waals surface area contributed by atoms with E-state index in [-0.39, 0.29) is 5.41 Å². The van der Waals surface area contributed by atoms with E-state index in [1.54, 1.807) is 0 Å². The fraction of sp³-hybridized carbons (Fsp3) is 0.562. The molecule has 0 saturated heterocycles. The van der Waals surface area contributed by atoms with Gasteiger partial charge in [0.1, 0.15) is 5.75 Å². The van der Waals surface area contributed by atoms with Crippen LogP contribution in [0.5, 0.6) is 5.75 Å². The maximum atomic E-state index is 8.94. The fourth-order valence-electron chi connectivity index (χ4n) is 1.84. The van der Waals surface area contributed by atoms with Crippen LogP contribution in [0.3, 0.4) is 0 Å². The Morgan fingerprint density at radius 3 is 2.56 bits per heavy atom. The van der Waals surface area contributed by atoms with Gasteiger partial charge in [-0.25, -0.2) is 0 Å². The van der Waals surface area contributed by atoms with Crippen molar-refractivity contribution in [3.05, 3.63) is 29.8 Å². The summed E-state index contributed by atoms with van der Waals surface area (Å²) in [5.74, 6) is 1.44. The minimum absolute atomic E-state index is 0.249. The summed E-state index contributed by atoms with van der Waals surface area (Å²) in [5, 5.41) is 8.94. The fourth-order valence-corrected chi connectivity index (χ4v) is 1.84. The molecule has 98 valence electrons. The minimum Gasteiger partial charge on any atom is -0.493 e. The number of ether oxygens (including phenoxy) is 1. The monoisotopic (exact) mass is 245 g/mol. The molecule has 0 bridgehead atoms. The van der Waals surface area contributed by atoms with Crippen molar-refractivity contribution in [3.63, 3.8) is 0 Å². The van der Waals surface area contributed by atoms with E-state index in [0.29, 0.717) is 12.5 Å². The third-order valence-electron chi connectivity index (χ3n) is 3.05. The maximum Gasteiger partial charge on any atom is 0.122 e. The van der Waals surface area contributed by atoms with Crippen molar-refractivity contribution in [2.24, 2.45) is 5.41 Å². The van der Waals surface area contributed by atoms with Crippen LogP contribution in [0, 0.1) is 16.7 Å². The lowest BCUT2D eigenvalue weighted by Crippen LogP contribution is -2.10. The molecule has 2 nitrogen and oxygen atoms in total. The van der Waals surface area contributed by atoms with E-state index in [2.05, 4.69) is 26.0 Å². The molecule has 18 heavy (non-hydrogen) atoms. The van der Waals surface area contributed by atoms with Gasteiger partial charge in [0.05, 0.1) is 18.1 Å². The number of hydrogen-bond donors (Lipinski definition) is 0. The van der Waals surface area contributed by atoms with Gasteiger partial charge in [0.2, 0.25) is 0 Å². The normalized spacial score (nSPS) is 11.3. The molecule has 1 rings (SSSR count). The predicted octanol–water partition coefficient (Wildman–Crippen LogP) is 4.52. The SMILES string of the molecule is CC(C)c1ccccc1OCCCC(C)(C)C#N. The van der Waals surface area contributed by atoms with Gasteiger partial charge in [-0.2, -0.15) is 5.26 Å².